The minimum atomic E-state index is -1.08. The number of carboxylic acid groups (broad SMARTS) is 1. The monoisotopic (exact) mass is 371 g/mol. The quantitative estimate of drug-likeness (QED) is 0.742. The van der Waals surface area contributed by atoms with E-state index >= 15 is 0 Å². The van der Waals surface area contributed by atoms with E-state index in [0.29, 0.717) is 5.69 Å². The van der Waals surface area contributed by atoms with E-state index in [1.165, 1.54) is 12.7 Å². The van der Waals surface area contributed by atoms with E-state index in [4.69, 9.17) is 4.74 Å². The summed E-state index contributed by atoms with van der Waals surface area (Å²) in [6, 6.07) is 7.13. The zero-order valence-electron chi connectivity index (χ0n) is 15.7. The van der Waals surface area contributed by atoms with E-state index in [1.807, 2.05) is 16.8 Å². The maximum atomic E-state index is 12.7. The SMILES string of the molecule is CCc1ccc(-n2nc(C(=O)NC(CCOC)C(=O)O)c3c2CCC3)cc1. The molecule has 2 N–H and O–H groups in total. The number of rotatable bonds is 8. The van der Waals surface area contributed by atoms with Crippen molar-refractivity contribution in [3.05, 3.63) is 46.8 Å². The normalized spacial score (nSPS) is 14.0. The zero-order valence-corrected chi connectivity index (χ0v) is 15.7. The largest absolute Gasteiger partial charge is 0.480 e. The molecule has 1 unspecified atom stereocenters. The summed E-state index contributed by atoms with van der Waals surface area (Å²) in [4.78, 5) is 24.1. The number of aryl methyl sites for hydroxylation is 1. The van der Waals surface area contributed by atoms with Crippen molar-refractivity contribution < 1.29 is 19.4 Å². The molecule has 7 nitrogen and oxygen atoms in total. The van der Waals surface area contributed by atoms with Crippen molar-refractivity contribution in [3.8, 4) is 5.69 Å². The van der Waals surface area contributed by atoms with Gasteiger partial charge in [-0.1, -0.05) is 19.1 Å². The van der Waals surface area contributed by atoms with Gasteiger partial charge in [-0.2, -0.15) is 5.10 Å². The van der Waals surface area contributed by atoms with E-state index in [-0.39, 0.29) is 13.0 Å². The molecule has 0 radical (unpaired) electrons. The molecular weight excluding hydrogens is 346 g/mol. The Labute approximate surface area is 158 Å². The number of ether oxygens (including phenoxy) is 1. The highest BCUT2D eigenvalue weighted by atomic mass is 16.5. The summed E-state index contributed by atoms with van der Waals surface area (Å²) in [6.07, 6.45) is 3.77. The van der Waals surface area contributed by atoms with Crippen molar-refractivity contribution >= 4 is 11.9 Å². The number of carbonyl (C=O) groups is 2. The number of fused-ring (bicyclic) bond motifs is 1. The predicted molar refractivity (Wildman–Crippen MR) is 100 cm³/mol. The lowest BCUT2D eigenvalue weighted by Crippen LogP contribution is -2.42. The number of methoxy groups -OCH3 is 1. The van der Waals surface area contributed by atoms with Crippen molar-refractivity contribution in [2.75, 3.05) is 13.7 Å². The van der Waals surface area contributed by atoms with Gasteiger partial charge in [0.1, 0.15) is 6.04 Å². The highest BCUT2D eigenvalue weighted by molar-refractivity contribution is 5.96. The Bertz CT molecular complexity index is 826. The van der Waals surface area contributed by atoms with Crippen LogP contribution in [-0.4, -0.2) is 46.5 Å². The molecule has 0 bridgehead atoms. The van der Waals surface area contributed by atoms with Gasteiger partial charge in [-0.25, -0.2) is 9.48 Å². The molecule has 3 rings (SSSR count). The van der Waals surface area contributed by atoms with Crippen molar-refractivity contribution in [1.82, 2.24) is 15.1 Å². The number of aromatic nitrogens is 2. The number of hydrogen-bond donors (Lipinski definition) is 2. The fourth-order valence-corrected chi connectivity index (χ4v) is 3.43. The van der Waals surface area contributed by atoms with Crippen molar-refractivity contribution in [2.24, 2.45) is 0 Å². The number of aliphatic carboxylic acids is 1. The third-order valence-corrected chi connectivity index (χ3v) is 4.95. The lowest BCUT2D eigenvalue weighted by Gasteiger charge is -2.13. The van der Waals surface area contributed by atoms with Crippen LogP contribution in [-0.2, 0) is 28.8 Å². The molecule has 1 heterocycles. The lowest BCUT2D eigenvalue weighted by atomic mass is 10.1. The Morgan fingerprint density at radius 2 is 2.04 bits per heavy atom. The molecule has 7 heteroatoms. The standard InChI is InChI=1S/C20H25N3O4/c1-3-13-7-9-14(10-8-13)23-17-6-4-5-15(17)18(22-23)19(24)21-16(20(25)26)11-12-27-2/h7-10,16H,3-6,11-12H2,1-2H3,(H,21,24)(H,25,26). The maximum absolute atomic E-state index is 12.7. The fraction of sp³-hybridized carbons (Fsp3) is 0.450. The first-order chi connectivity index (χ1) is 13.0. The Morgan fingerprint density at radius 3 is 2.67 bits per heavy atom. The van der Waals surface area contributed by atoms with E-state index in [0.717, 1.165) is 42.6 Å². The molecule has 0 spiro atoms. The predicted octanol–water partition coefficient (Wildman–Crippen LogP) is 2.14. The summed E-state index contributed by atoms with van der Waals surface area (Å²) in [5.74, 6) is -1.52. The molecule has 0 aliphatic heterocycles. The summed E-state index contributed by atoms with van der Waals surface area (Å²) in [5.41, 5.74) is 4.43. The van der Waals surface area contributed by atoms with E-state index in [9.17, 15) is 14.7 Å². The maximum Gasteiger partial charge on any atom is 0.326 e. The average molecular weight is 371 g/mol. The number of hydrogen-bond acceptors (Lipinski definition) is 4. The molecule has 2 aromatic rings. The Balaban J connectivity index is 1.87. The summed E-state index contributed by atoms with van der Waals surface area (Å²) >= 11 is 0. The van der Waals surface area contributed by atoms with Crippen molar-refractivity contribution in [2.45, 2.75) is 45.1 Å². The van der Waals surface area contributed by atoms with Crippen LogP contribution >= 0.6 is 0 Å². The van der Waals surface area contributed by atoms with Crippen LogP contribution in [0, 0.1) is 0 Å². The molecule has 27 heavy (non-hydrogen) atoms. The Hall–Kier alpha value is -2.67. The van der Waals surface area contributed by atoms with Gasteiger partial charge in [0.15, 0.2) is 5.69 Å². The molecular formula is C20H25N3O4. The summed E-state index contributed by atoms with van der Waals surface area (Å²) in [6.45, 7) is 2.36. The second kappa shape index (κ2) is 8.35. The second-order valence-electron chi connectivity index (χ2n) is 6.70. The van der Waals surface area contributed by atoms with Gasteiger partial charge >= 0.3 is 5.97 Å². The minimum Gasteiger partial charge on any atom is -0.480 e. The van der Waals surface area contributed by atoms with Crippen LogP contribution in [0.1, 0.15) is 47.1 Å². The number of benzene rings is 1. The lowest BCUT2D eigenvalue weighted by molar-refractivity contribution is -0.139. The third kappa shape index (κ3) is 4.03. The van der Waals surface area contributed by atoms with Crippen molar-refractivity contribution in [3.63, 3.8) is 0 Å². The van der Waals surface area contributed by atoms with E-state index in [2.05, 4.69) is 29.5 Å². The molecule has 1 aliphatic carbocycles. The second-order valence-corrected chi connectivity index (χ2v) is 6.70. The highest BCUT2D eigenvalue weighted by Crippen LogP contribution is 2.28. The Kier molecular flexibility index (Phi) is 5.91. The molecule has 0 saturated carbocycles. The number of carboxylic acids is 1. The van der Waals surface area contributed by atoms with Gasteiger partial charge in [0, 0.05) is 31.4 Å². The number of nitrogens with zero attached hydrogens (tertiary/aromatic N) is 2. The summed E-state index contributed by atoms with van der Waals surface area (Å²) in [5, 5.41) is 16.4. The first-order valence-corrected chi connectivity index (χ1v) is 9.27. The number of carbonyl (C=O) groups excluding carboxylic acids is 1. The minimum absolute atomic E-state index is 0.207. The van der Waals surface area contributed by atoms with Gasteiger partial charge in [-0.15, -0.1) is 0 Å². The molecule has 1 atom stereocenters. The van der Waals surface area contributed by atoms with Crippen LogP contribution in [0.3, 0.4) is 0 Å². The van der Waals surface area contributed by atoms with Crippen LogP contribution < -0.4 is 5.32 Å². The molecule has 1 aliphatic rings. The third-order valence-electron chi connectivity index (χ3n) is 4.95. The zero-order chi connectivity index (χ0) is 19.4. The van der Waals surface area contributed by atoms with Gasteiger partial charge in [-0.3, -0.25) is 4.79 Å². The molecule has 1 aromatic carbocycles. The highest BCUT2D eigenvalue weighted by Gasteiger charge is 2.29. The average Bonchev–Trinajstić information content (AvgIpc) is 3.27. The first kappa shape index (κ1) is 19.1. The molecule has 1 aromatic heterocycles. The smallest absolute Gasteiger partial charge is 0.326 e. The molecule has 0 saturated heterocycles. The van der Waals surface area contributed by atoms with Crippen LogP contribution in [0.25, 0.3) is 5.69 Å². The van der Waals surface area contributed by atoms with Crippen LogP contribution in [0.2, 0.25) is 0 Å². The Morgan fingerprint density at radius 1 is 1.30 bits per heavy atom. The number of amides is 1. The van der Waals surface area contributed by atoms with Gasteiger partial charge in [0.2, 0.25) is 0 Å². The summed E-state index contributed by atoms with van der Waals surface area (Å²) < 4.78 is 6.75. The van der Waals surface area contributed by atoms with Crippen LogP contribution in [0.5, 0.6) is 0 Å². The van der Waals surface area contributed by atoms with Gasteiger partial charge < -0.3 is 15.2 Å². The molecule has 1 amide bonds. The fourth-order valence-electron chi connectivity index (χ4n) is 3.43. The topological polar surface area (TPSA) is 93.5 Å². The summed E-state index contributed by atoms with van der Waals surface area (Å²) in [7, 11) is 1.50. The van der Waals surface area contributed by atoms with Gasteiger partial charge in [-0.05, 0) is 43.4 Å². The molecule has 0 fully saturated rings. The molecule has 144 valence electrons. The van der Waals surface area contributed by atoms with Gasteiger partial charge in [0.05, 0.1) is 5.69 Å². The number of nitrogens with one attached hydrogen (secondary N) is 1. The van der Waals surface area contributed by atoms with Crippen molar-refractivity contribution in [1.29, 1.82) is 0 Å². The van der Waals surface area contributed by atoms with E-state index in [1.54, 1.807) is 0 Å². The van der Waals surface area contributed by atoms with E-state index < -0.39 is 17.9 Å². The van der Waals surface area contributed by atoms with Gasteiger partial charge in [0.25, 0.3) is 5.91 Å². The van der Waals surface area contributed by atoms with Crippen LogP contribution in [0.4, 0.5) is 0 Å². The first-order valence-electron chi connectivity index (χ1n) is 9.27. The van der Waals surface area contributed by atoms with Crippen LogP contribution in [0.15, 0.2) is 24.3 Å².